The van der Waals surface area contributed by atoms with Crippen LogP contribution in [0.1, 0.15) is 27.7 Å². The van der Waals surface area contributed by atoms with Gasteiger partial charge in [-0.1, -0.05) is 0 Å². The Morgan fingerprint density at radius 2 is 1.20 bits per heavy atom. The van der Waals surface area contributed by atoms with Crippen LogP contribution in [-0.4, -0.2) is 18.9 Å². The molecule has 59 valence electrons. The predicted molar refractivity (Wildman–Crippen MR) is 36.1 cm³/mol. The molecule has 0 amide bonds. The normalized spacial score (nSPS) is 26.8. The largest absolute Gasteiger partial charge is 0.488 e. The Bertz CT molecular complexity index is 111. The van der Waals surface area contributed by atoms with E-state index in [0.717, 1.165) is 0 Å². The summed E-state index contributed by atoms with van der Waals surface area (Å²) in [6.45, 7) is 8.04. The molecule has 1 aliphatic rings. The number of hydrogen-bond donors (Lipinski definition) is 0. The monoisotopic (exact) mass is 167 g/mol. The first-order chi connectivity index (χ1) is 3.96. The standard InChI is InChI=1S/C6H12BO2.Ar/c1-5(2)6(3,4)9-7-8-5;/h1-4H3;. The topological polar surface area (TPSA) is 18.5 Å². The molecule has 1 aliphatic heterocycles. The van der Waals surface area contributed by atoms with Gasteiger partial charge in [0.15, 0.2) is 0 Å². The number of hydrogen-bond acceptors (Lipinski definition) is 2. The Balaban J connectivity index is 0.000000810. The van der Waals surface area contributed by atoms with Gasteiger partial charge in [-0.2, -0.15) is 0 Å². The Hall–Kier alpha value is 1.24. The summed E-state index contributed by atoms with van der Waals surface area (Å²) in [5.74, 6) is 0. The summed E-state index contributed by atoms with van der Waals surface area (Å²) in [7, 11) is 1.42. The predicted octanol–water partition coefficient (Wildman–Crippen LogP) is 1.12. The second-order valence-corrected chi connectivity index (χ2v) is 3.35. The smallest absolute Gasteiger partial charge is 0.405 e. The van der Waals surface area contributed by atoms with Crippen molar-refractivity contribution in [1.82, 2.24) is 0 Å². The second kappa shape index (κ2) is 3.32. The van der Waals surface area contributed by atoms with E-state index >= 15 is 0 Å². The van der Waals surface area contributed by atoms with Gasteiger partial charge in [0.05, 0.1) is 11.2 Å². The van der Waals surface area contributed by atoms with E-state index < -0.39 is 0 Å². The summed E-state index contributed by atoms with van der Waals surface area (Å²) in [4.78, 5) is 0. The van der Waals surface area contributed by atoms with Crippen LogP contribution in [0.25, 0.3) is 0 Å². The zero-order valence-electron chi connectivity index (χ0n) is 6.75. The van der Waals surface area contributed by atoms with Gasteiger partial charge in [-0.25, -0.2) is 0 Å². The summed E-state index contributed by atoms with van der Waals surface area (Å²) in [5.41, 5.74) is -0.375. The van der Waals surface area contributed by atoms with Crippen LogP contribution in [0.5, 0.6) is 0 Å². The van der Waals surface area contributed by atoms with Crippen LogP contribution in [0.3, 0.4) is 0 Å². The molecule has 0 N–H and O–H groups in total. The first-order valence-corrected chi connectivity index (χ1v) is 3.13. The average Bonchev–Trinajstić information content (AvgIpc) is 1.81. The van der Waals surface area contributed by atoms with Crippen molar-refractivity contribution >= 4 is 7.69 Å². The first-order valence-electron chi connectivity index (χ1n) is 3.13. The van der Waals surface area contributed by atoms with E-state index in [1.807, 2.05) is 27.7 Å². The zero-order valence-corrected chi connectivity index (χ0v) is 7.45. The molecule has 0 aliphatic carbocycles. The van der Waals surface area contributed by atoms with Gasteiger partial charge in [-0.15, -0.1) is 0 Å². The third kappa shape index (κ3) is 1.89. The van der Waals surface area contributed by atoms with Gasteiger partial charge in [0, 0.05) is 37.7 Å². The van der Waals surface area contributed by atoms with E-state index in [-0.39, 0.29) is 48.9 Å². The van der Waals surface area contributed by atoms with Crippen LogP contribution in [0.2, 0.25) is 0 Å². The van der Waals surface area contributed by atoms with Gasteiger partial charge >= 0.3 is 7.69 Å². The molecule has 0 saturated carbocycles. The Morgan fingerprint density at radius 1 is 0.900 bits per heavy atom. The van der Waals surface area contributed by atoms with Crippen molar-refractivity contribution in [2.24, 2.45) is 0 Å². The van der Waals surface area contributed by atoms with Crippen molar-refractivity contribution in [3.63, 3.8) is 0 Å². The van der Waals surface area contributed by atoms with E-state index in [0.29, 0.717) is 0 Å². The van der Waals surface area contributed by atoms with E-state index in [9.17, 15) is 0 Å². The molecule has 1 saturated heterocycles. The molecule has 0 spiro atoms. The van der Waals surface area contributed by atoms with Crippen LogP contribution in [0.15, 0.2) is 0 Å². The third-order valence-corrected chi connectivity index (χ3v) is 2.14. The van der Waals surface area contributed by atoms with E-state index in [1.54, 1.807) is 0 Å². The van der Waals surface area contributed by atoms with Crippen molar-refractivity contribution in [2.75, 3.05) is 0 Å². The molecule has 0 atom stereocenters. The van der Waals surface area contributed by atoms with E-state index in [1.165, 1.54) is 7.69 Å². The first kappa shape index (κ1) is 11.2. The van der Waals surface area contributed by atoms with Crippen molar-refractivity contribution in [2.45, 2.75) is 38.9 Å². The van der Waals surface area contributed by atoms with Gasteiger partial charge < -0.3 is 9.31 Å². The third-order valence-electron chi connectivity index (χ3n) is 2.14. The average molecular weight is 167 g/mol. The van der Waals surface area contributed by atoms with Crippen molar-refractivity contribution in [3.05, 3.63) is 0 Å². The fourth-order valence-electron chi connectivity index (χ4n) is 0.548. The van der Waals surface area contributed by atoms with Crippen LogP contribution < -0.4 is 0 Å². The van der Waals surface area contributed by atoms with Gasteiger partial charge in [-0.05, 0) is 27.7 Å². The number of rotatable bonds is 0. The summed E-state index contributed by atoms with van der Waals surface area (Å²) >= 11 is 0. The quantitative estimate of drug-likeness (QED) is 0.503. The molecule has 0 aromatic rings. The van der Waals surface area contributed by atoms with E-state index in [4.69, 9.17) is 9.31 Å². The van der Waals surface area contributed by atoms with Gasteiger partial charge in [0.25, 0.3) is 0 Å². The molecule has 0 aromatic heterocycles. The van der Waals surface area contributed by atoms with Crippen LogP contribution in [0, 0.1) is 37.7 Å². The Morgan fingerprint density at radius 3 is 1.30 bits per heavy atom. The minimum absolute atomic E-state index is 0. The maximum Gasteiger partial charge on any atom is 0.488 e. The molecule has 0 bridgehead atoms. The van der Waals surface area contributed by atoms with E-state index in [2.05, 4.69) is 0 Å². The molecule has 10 heavy (non-hydrogen) atoms. The molecule has 2 nitrogen and oxygen atoms in total. The maximum atomic E-state index is 5.21. The van der Waals surface area contributed by atoms with Crippen LogP contribution in [-0.2, 0) is 9.31 Å². The Labute approximate surface area is 93.0 Å². The van der Waals surface area contributed by atoms with Crippen molar-refractivity contribution in [3.8, 4) is 0 Å². The molecule has 0 aromatic carbocycles. The molecule has 1 heterocycles. The SMILES string of the molecule is CC1(C)O[B]OC1(C)C.[Ar]. The summed E-state index contributed by atoms with van der Waals surface area (Å²) in [6, 6.07) is 0. The van der Waals surface area contributed by atoms with Crippen molar-refractivity contribution in [1.29, 1.82) is 0 Å². The minimum Gasteiger partial charge on any atom is -0.405 e. The summed E-state index contributed by atoms with van der Waals surface area (Å²) < 4.78 is 10.4. The fraction of sp³-hybridized carbons (Fsp3) is 1.00. The molecule has 1 rings (SSSR count). The summed E-state index contributed by atoms with van der Waals surface area (Å²) in [6.07, 6.45) is 0. The zero-order chi connectivity index (χ0) is 7.12. The van der Waals surface area contributed by atoms with Gasteiger partial charge in [0.1, 0.15) is 0 Å². The molecular formula is C6H12ArBO2. The maximum absolute atomic E-state index is 5.21. The Kier molecular flexibility index (Phi) is 3.73. The molecular weight excluding hydrogens is 155 g/mol. The summed E-state index contributed by atoms with van der Waals surface area (Å²) in [5, 5.41) is 0. The minimum atomic E-state index is -0.188. The van der Waals surface area contributed by atoms with Crippen LogP contribution in [0.4, 0.5) is 0 Å². The molecule has 1 fully saturated rings. The molecule has 1 radical (unpaired) electrons. The fourth-order valence-corrected chi connectivity index (χ4v) is 0.548. The van der Waals surface area contributed by atoms with Crippen LogP contribution >= 0.6 is 0 Å². The van der Waals surface area contributed by atoms with Gasteiger partial charge in [-0.3, -0.25) is 0 Å². The second-order valence-electron chi connectivity index (χ2n) is 3.35. The molecule has 4 heteroatoms. The van der Waals surface area contributed by atoms with Gasteiger partial charge in [0.2, 0.25) is 0 Å². The van der Waals surface area contributed by atoms with Crippen molar-refractivity contribution < 1.29 is 47.0 Å². The molecule has 0 unspecified atom stereocenters.